The Morgan fingerprint density at radius 1 is 1.24 bits per heavy atom. The van der Waals surface area contributed by atoms with Gasteiger partial charge in [0.1, 0.15) is 0 Å². The smallest absolute Gasteiger partial charge is 0.257 e. The van der Waals surface area contributed by atoms with Gasteiger partial charge in [0.05, 0.1) is 23.0 Å². The van der Waals surface area contributed by atoms with E-state index < -0.39 is 29.0 Å². The number of hydrogen-bond acceptors (Lipinski definition) is 4. The quantitative estimate of drug-likeness (QED) is 0.811. The van der Waals surface area contributed by atoms with E-state index in [2.05, 4.69) is 15.6 Å². The fourth-order valence-corrected chi connectivity index (χ4v) is 2.51. The van der Waals surface area contributed by atoms with Gasteiger partial charge in [-0.3, -0.25) is 9.78 Å². The molecule has 8 heteroatoms. The standard InChI is InChI=1S/C17H16F3N3O2/c18-13-3-4-14(16(20)15(13)19)23-17(24)10-6-11(8-21-7-10)22-9-12-2-1-5-25-12/h3-4,6-8,12,22H,1-2,5,9H2,(H,23,24). The van der Waals surface area contributed by atoms with Gasteiger partial charge in [0.15, 0.2) is 17.5 Å². The SMILES string of the molecule is O=C(Nc1ccc(F)c(F)c1F)c1cncc(NCC2CCCO2)c1. The zero-order valence-electron chi connectivity index (χ0n) is 13.2. The Kier molecular flexibility index (Phi) is 5.18. The molecule has 1 aliphatic heterocycles. The Labute approximate surface area is 142 Å². The first-order valence-electron chi connectivity index (χ1n) is 7.80. The molecule has 1 unspecified atom stereocenters. The number of pyridine rings is 1. The van der Waals surface area contributed by atoms with Crippen molar-refractivity contribution in [3.8, 4) is 0 Å². The third kappa shape index (κ3) is 4.08. The predicted octanol–water partition coefficient (Wildman–Crippen LogP) is 3.34. The topological polar surface area (TPSA) is 63.2 Å². The molecule has 1 aromatic heterocycles. The molecule has 1 saturated heterocycles. The number of anilines is 2. The first kappa shape index (κ1) is 17.2. The van der Waals surface area contributed by atoms with E-state index in [9.17, 15) is 18.0 Å². The molecule has 1 aliphatic rings. The van der Waals surface area contributed by atoms with Gasteiger partial charge in [0.25, 0.3) is 5.91 Å². The molecule has 0 saturated carbocycles. The summed E-state index contributed by atoms with van der Waals surface area (Å²) in [7, 11) is 0. The number of carbonyl (C=O) groups excluding carboxylic acids is 1. The fraction of sp³-hybridized carbons (Fsp3) is 0.294. The highest BCUT2D eigenvalue weighted by molar-refractivity contribution is 6.04. The van der Waals surface area contributed by atoms with Gasteiger partial charge >= 0.3 is 0 Å². The Morgan fingerprint density at radius 2 is 2.08 bits per heavy atom. The maximum atomic E-state index is 13.6. The summed E-state index contributed by atoms with van der Waals surface area (Å²) in [5, 5.41) is 5.33. The van der Waals surface area contributed by atoms with Gasteiger partial charge in [-0.2, -0.15) is 0 Å². The van der Waals surface area contributed by atoms with E-state index in [-0.39, 0.29) is 11.7 Å². The van der Waals surface area contributed by atoms with E-state index in [1.165, 1.54) is 12.3 Å². The molecule has 1 atom stereocenters. The van der Waals surface area contributed by atoms with Crippen LogP contribution in [0.5, 0.6) is 0 Å². The van der Waals surface area contributed by atoms with Crippen molar-refractivity contribution in [3.63, 3.8) is 0 Å². The van der Waals surface area contributed by atoms with Gasteiger partial charge in [-0.05, 0) is 31.0 Å². The average Bonchev–Trinajstić information content (AvgIpc) is 3.14. The molecule has 25 heavy (non-hydrogen) atoms. The van der Waals surface area contributed by atoms with Crippen LogP contribution in [0.15, 0.2) is 30.6 Å². The van der Waals surface area contributed by atoms with Crippen molar-refractivity contribution < 1.29 is 22.7 Å². The highest BCUT2D eigenvalue weighted by Gasteiger charge is 2.17. The Hall–Kier alpha value is -2.61. The molecule has 2 heterocycles. The van der Waals surface area contributed by atoms with Crippen LogP contribution in [0.4, 0.5) is 24.5 Å². The van der Waals surface area contributed by atoms with Crippen molar-refractivity contribution in [2.45, 2.75) is 18.9 Å². The Morgan fingerprint density at radius 3 is 2.84 bits per heavy atom. The van der Waals surface area contributed by atoms with Gasteiger partial charge in [0, 0.05) is 25.5 Å². The number of benzene rings is 1. The molecule has 5 nitrogen and oxygen atoms in total. The summed E-state index contributed by atoms with van der Waals surface area (Å²) in [6, 6.07) is 3.24. The summed E-state index contributed by atoms with van der Waals surface area (Å²) in [6.45, 7) is 1.33. The van der Waals surface area contributed by atoms with Crippen LogP contribution in [-0.2, 0) is 4.74 Å². The Bertz CT molecular complexity index is 780. The van der Waals surface area contributed by atoms with Crippen LogP contribution in [0, 0.1) is 17.5 Å². The molecule has 2 aromatic rings. The van der Waals surface area contributed by atoms with Crippen LogP contribution >= 0.6 is 0 Å². The normalized spacial score (nSPS) is 16.7. The molecule has 0 radical (unpaired) electrons. The van der Waals surface area contributed by atoms with Crippen molar-refractivity contribution >= 4 is 17.3 Å². The van der Waals surface area contributed by atoms with Crippen LogP contribution in [-0.4, -0.2) is 30.1 Å². The number of halogens is 3. The summed E-state index contributed by atoms with van der Waals surface area (Å²) >= 11 is 0. The van der Waals surface area contributed by atoms with Crippen LogP contribution in [0.1, 0.15) is 23.2 Å². The van der Waals surface area contributed by atoms with Crippen molar-refractivity contribution in [1.29, 1.82) is 0 Å². The third-order valence-electron chi connectivity index (χ3n) is 3.84. The minimum atomic E-state index is -1.64. The van der Waals surface area contributed by atoms with Gasteiger partial charge in [-0.25, -0.2) is 13.2 Å². The first-order chi connectivity index (χ1) is 12.0. The van der Waals surface area contributed by atoms with Crippen molar-refractivity contribution in [1.82, 2.24) is 4.98 Å². The van der Waals surface area contributed by atoms with E-state index in [0.717, 1.165) is 31.6 Å². The third-order valence-corrected chi connectivity index (χ3v) is 3.84. The fourth-order valence-electron chi connectivity index (χ4n) is 2.51. The lowest BCUT2D eigenvalue weighted by Gasteiger charge is -2.12. The first-order valence-corrected chi connectivity index (χ1v) is 7.80. The van der Waals surface area contributed by atoms with E-state index in [1.54, 1.807) is 6.20 Å². The molecule has 132 valence electrons. The summed E-state index contributed by atoms with van der Waals surface area (Å²) in [5.41, 5.74) is 0.317. The molecule has 1 amide bonds. The predicted molar refractivity (Wildman–Crippen MR) is 86.0 cm³/mol. The van der Waals surface area contributed by atoms with Crippen LogP contribution < -0.4 is 10.6 Å². The Balaban J connectivity index is 1.67. The van der Waals surface area contributed by atoms with Crippen molar-refractivity contribution in [2.24, 2.45) is 0 Å². The van der Waals surface area contributed by atoms with Crippen molar-refractivity contribution in [2.75, 3.05) is 23.8 Å². The van der Waals surface area contributed by atoms with E-state index in [1.807, 2.05) is 0 Å². The largest absolute Gasteiger partial charge is 0.381 e. The summed E-state index contributed by atoms with van der Waals surface area (Å²) in [4.78, 5) is 16.1. The molecule has 3 rings (SSSR count). The average molecular weight is 351 g/mol. The molecule has 0 bridgehead atoms. The number of hydrogen-bond donors (Lipinski definition) is 2. The molecule has 0 aliphatic carbocycles. The molecule has 0 spiro atoms. The second kappa shape index (κ2) is 7.52. The lowest BCUT2D eigenvalue weighted by Crippen LogP contribution is -2.19. The zero-order chi connectivity index (χ0) is 17.8. The van der Waals surface area contributed by atoms with Crippen molar-refractivity contribution in [3.05, 3.63) is 53.6 Å². The summed E-state index contributed by atoms with van der Waals surface area (Å²) in [6.07, 6.45) is 4.95. The van der Waals surface area contributed by atoms with E-state index >= 15 is 0 Å². The monoisotopic (exact) mass is 351 g/mol. The van der Waals surface area contributed by atoms with Gasteiger partial charge in [0.2, 0.25) is 0 Å². The number of ether oxygens (including phenoxy) is 1. The summed E-state index contributed by atoms with van der Waals surface area (Å²) in [5.74, 6) is -5.09. The maximum Gasteiger partial charge on any atom is 0.257 e. The van der Waals surface area contributed by atoms with Gasteiger partial charge in [-0.1, -0.05) is 0 Å². The number of nitrogens with zero attached hydrogens (tertiary/aromatic N) is 1. The second-order valence-corrected chi connectivity index (χ2v) is 5.66. The van der Waals surface area contributed by atoms with Crippen LogP contribution in [0.25, 0.3) is 0 Å². The minimum Gasteiger partial charge on any atom is -0.381 e. The highest BCUT2D eigenvalue weighted by Crippen LogP contribution is 2.21. The van der Waals surface area contributed by atoms with Crippen LogP contribution in [0.2, 0.25) is 0 Å². The number of amides is 1. The number of aromatic nitrogens is 1. The van der Waals surface area contributed by atoms with Gasteiger partial charge in [-0.15, -0.1) is 0 Å². The number of carbonyl (C=O) groups is 1. The molecule has 1 aromatic carbocycles. The van der Waals surface area contributed by atoms with Crippen LogP contribution in [0.3, 0.4) is 0 Å². The highest BCUT2D eigenvalue weighted by atomic mass is 19.2. The minimum absolute atomic E-state index is 0.119. The lowest BCUT2D eigenvalue weighted by molar-refractivity contribution is 0.102. The molecular weight excluding hydrogens is 335 g/mol. The maximum absolute atomic E-state index is 13.6. The number of rotatable bonds is 5. The zero-order valence-corrected chi connectivity index (χ0v) is 13.2. The molecule has 2 N–H and O–H groups in total. The van der Waals surface area contributed by atoms with E-state index in [0.29, 0.717) is 12.2 Å². The number of nitrogens with one attached hydrogen (secondary N) is 2. The van der Waals surface area contributed by atoms with Gasteiger partial charge < -0.3 is 15.4 Å². The molecule has 1 fully saturated rings. The molecular formula is C17H16F3N3O2. The van der Waals surface area contributed by atoms with E-state index in [4.69, 9.17) is 4.74 Å². The lowest BCUT2D eigenvalue weighted by atomic mass is 10.2. The second-order valence-electron chi connectivity index (χ2n) is 5.66. The summed E-state index contributed by atoms with van der Waals surface area (Å²) < 4.78 is 45.3.